The first kappa shape index (κ1) is 19.0. The van der Waals surface area contributed by atoms with Crippen LogP contribution in [0.5, 0.6) is 0 Å². The first-order chi connectivity index (χ1) is 13.6. The minimum Gasteiger partial charge on any atom is -0.342 e. The van der Waals surface area contributed by atoms with Crippen LogP contribution in [0.1, 0.15) is 51.0 Å². The summed E-state index contributed by atoms with van der Waals surface area (Å²) in [4.78, 5) is 43.2. The minimum absolute atomic E-state index is 0.0209. The Balaban J connectivity index is 1.47. The first-order valence-electron chi connectivity index (χ1n) is 10.6. The monoisotopic (exact) mass is 383 g/mol. The van der Waals surface area contributed by atoms with Gasteiger partial charge in [0.1, 0.15) is 0 Å². The largest absolute Gasteiger partial charge is 0.342 e. The third kappa shape index (κ3) is 3.52. The van der Waals surface area contributed by atoms with E-state index in [-0.39, 0.29) is 23.6 Å². The molecule has 3 heterocycles. The van der Waals surface area contributed by atoms with Gasteiger partial charge in [0.15, 0.2) is 0 Å². The Morgan fingerprint density at radius 3 is 2.54 bits per heavy atom. The van der Waals surface area contributed by atoms with Crippen LogP contribution in [0.3, 0.4) is 0 Å². The molecule has 0 aliphatic carbocycles. The summed E-state index contributed by atoms with van der Waals surface area (Å²) in [6.07, 6.45) is 6.10. The summed E-state index contributed by atoms with van der Waals surface area (Å²) in [5.74, 6) is 0.0510. The van der Waals surface area contributed by atoms with E-state index in [1.54, 1.807) is 4.90 Å². The van der Waals surface area contributed by atoms with Gasteiger partial charge in [0, 0.05) is 50.4 Å². The molecule has 6 heteroatoms. The summed E-state index contributed by atoms with van der Waals surface area (Å²) < 4.78 is 0. The van der Waals surface area contributed by atoms with Gasteiger partial charge in [0.25, 0.3) is 0 Å². The van der Waals surface area contributed by atoms with Crippen molar-refractivity contribution in [3.63, 3.8) is 0 Å². The lowest BCUT2D eigenvalue weighted by atomic mass is 10.1. The van der Waals surface area contributed by atoms with Crippen molar-refractivity contribution in [1.29, 1.82) is 0 Å². The molecule has 0 aromatic heterocycles. The van der Waals surface area contributed by atoms with Crippen molar-refractivity contribution < 1.29 is 14.4 Å². The third-order valence-electron chi connectivity index (χ3n) is 6.27. The Labute approximate surface area is 166 Å². The zero-order valence-electron chi connectivity index (χ0n) is 16.7. The SMILES string of the molecule is CCC(=O)N1CCc2cc(N3C[C@@H](C(=O)N4CCCCCC4)CC3=O)ccc21. The Morgan fingerprint density at radius 1 is 1.07 bits per heavy atom. The van der Waals surface area contributed by atoms with Crippen LogP contribution in [0, 0.1) is 5.92 Å². The fourth-order valence-electron chi connectivity index (χ4n) is 4.68. The van der Waals surface area contributed by atoms with Crippen LogP contribution >= 0.6 is 0 Å². The second kappa shape index (κ2) is 7.94. The molecule has 1 aromatic carbocycles. The van der Waals surface area contributed by atoms with Crippen molar-refractivity contribution in [3.05, 3.63) is 23.8 Å². The zero-order chi connectivity index (χ0) is 19.7. The molecular formula is C22H29N3O3. The molecule has 0 unspecified atom stereocenters. The topological polar surface area (TPSA) is 60.9 Å². The van der Waals surface area contributed by atoms with Gasteiger partial charge in [-0.2, -0.15) is 0 Å². The number of likely N-dealkylation sites (tertiary alicyclic amines) is 1. The smallest absolute Gasteiger partial charge is 0.228 e. The summed E-state index contributed by atoms with van der Waals surface area (Å²) in [6, 6.07) is 5.88. The summed E-state index contributed by atoms with van der Waals surface area (Å²) in [7, 11) is 0. The average Bonchev–Trinajstić information content (AvgIpc) is 3.19. The Hall–Kier alpha value is -2.37. The minimum atomic E-state index is -0.239. The van der Waals surface area contributed by atoms with Gasteiger partial charge in [0.05, 0.1) is 5.92 Å². The van der Waals surface area contributed by atoms with Gasteiger partial charge >= 0.3 is 0 Å². The molecule has 28 heavy (non-hydrogen) atoms. The van der Waals surface area contributed by atoms with E-state index in [1.807, 2.05) is 34.9 Å². The maximum absolute atomic E-state index is 12.9. The van der Waals surface area contributed by atoms with E-state index >= 15 is 0 Å². The van der Waals surface area contributed by atoms with Crippen LogP contribution in [0.25, 0.3) is 0 Å². The van der Waals surface area contributed by atoms with Crippen LogP contribution in [-0.4, -0.2) is 48.8 Å². The summed E-state index contributed by atoms with van der Waals surface area (Å²) in [5.41, 5.74) is 2.91. The maximum atomic E-state index is 12.9. The molecule has 0 N–H and O–H groups in total. The highest BCUT2D eigenvalue weighted by Crippen LogP contribution is 2.34. The van der Waals surface area contributed by atoms with Crippen molar-refractivity contribution in [2.24, 2.45) is 5.92 Å². The molecule has 3 aliphatic rings. The van der Waals surface area contributed by atoms with Gasteiger partial charge in [0.2, 0.25) is 17.7 Å². The Kier molecular flexibility index (Phi) is 5.38. The molecule has 0 bridgehead atoms. The highest BCUT2D eigenvalue weighted by atomic mass is 16.2. The number of benzene rings is 1. The number of carbonyl (C=O) groups excluding carboxylic acids is 3. The Morgan fingerprint density at radius 2 is 1.82 bits per heavy atom. The van der Waals surface area contributed by atoms with Crippen LogP contribution in [0.2, 0.25) is 0 Å². The first-order valence-corrected chi connectivity index (χ1v) is 10.6. The van der Waals surface area contributed by atoms with Crippen molar-refractivity contribution in [1.82, 2.24) is 4.90 Å². The summed E-state index contributed by atoms with van der Waals surface area (Å²) >= 11 is 0. The zero-order valence-corrected chi connectivity index (χ0v) is 16.7. The molecule has 1 atom stereocenters. The molecule has 2 fully saturated rings. The lowest BCUT2D eigenvalue weighted by Gasteiger charge is -2.24. The maximum Gasteiger partial charge on any atom is 0.228 e. The molecule has 0 spiro atoms. The predicted molar refractivity (Wildman–Crippen MR) is 108 cm³/mol. The molecule has 6 nitrogen and oxygen atoms in total. The quantitative estimate of drug-likeness (QED) is 0.806. The number of amides is 3. The molecule has 0 saturated carbocycles. The number of anilines is 2. The molecule has 0 radical (unpaired) electrons. The second-order valence-electron chi connectivity index (χ2n) is 8.11. The van der Waals surface area contributed by atoms with E-state index in [1.165, 1.54) is 12.8 Å². The molecule has 3 aliphatic heterocycles. The molecule has 2 saturated heterocycles. The number of nitrogens with zero attached hydrogens (tertiary/aromatic N) is 3. The van der Waals surface area contributed by atoms with Crippen LogP contribution < -0.4 is 9.80 Å². The van der Waals surface area contributed by atoms with Crippen LogP contribution in [0.15, 0.2) is 18.2 Å². The summed E-state index contributed by atoms with van der Waals surface area (Å²) in [5, 5.41) is 0. The second-order valence-corrected chi connectivity index (χ2v) is 8.11. The molecule has 4 rings (SSSR count). The fourth-order valence-corrected chi connectivity index (χ4v) is 4.68. The van der Waals surface area contributed by atoms with Crippen LogP contribution in [0.4, 0.5) is 11.4 Å². The number of hydrogen-bond donors (Lipinski definition) is 0. The normalized spacial score (nSPS) is 22.4. The van der Waals surface area contributed by atoms with Crippen molar-refractivity contribution >= 4 is 29.1 Å². The van der Waals surface area contributed by atoms with E-state index in [4.69, 9.17) is 0 Å². The lowest BCUT2D eigenvalue weighted by Crippen LogP contribution is -2.38. The van der Waals surface area contributed by atoms with E-state index in [0.29, 0.717) is 25.9 Å². The van der Waals surface area contributed by atoms with Gasteiger partial charge in [-0.15, -0.1) is 0 Å². The van der Waals surface area contributed by atoms with Gasteiger partial charge < -0.3 is 14.7 Å². The van der Waals surface area contributed by atoms with Gasteiger partial charge in [-0.25, -0.2) is 0 Å². The van der Waals surface area contributed by atoms with Crippen LogP contribution in [-0.2, 0) is 20.8 Å². The van der Waals surface area contributed by atoms with E-state index in [2.05, 4.69) is 0 Å². The number of fused-ring (bicyclic) bond motifs is 1. The Bertz CT molecular complexity index is 783. The summed E-state index contributed by atoms with van der Waals surface area (Å²) in [6.45, 7) is 4.69. The van der Waals surface area contributed by atoms with Crippen molar-refractivity contribution in [2.75, 3.05) is 36.0 Å². The lowest BCUT2D eigenvalue weighted by molar-refractivity contribution is -0.135. The third-order valence-corrected chi connectivity index (χ3v) is 6.27. The molecular weight excluding hydrogens is 354 g/mol. The average molecular weight is 383 g/mol. The van der Waals surface area contributed by atoms with Crippen molar-refractivity contribution in [2.45, 2.75) is 51.9 Å². The number of rotatable bonds is 3. The predicted octanol–water partition coefficient (Wildman–Crippen LogP) is 2.74. The van der Waals surface area contributed by atoms with Gasteiger partial charge in [-0.3, -0.25) is 14.4 Å². The molecule has 1 aromatic rings. The van der Waals surface area contributed by atoms with Gasteiger partial charge in [-0.1, -0.05) is 19.8 Å². The van der Waals surface area contributed by atoms with E-state index in [0.717, 1.165) is 49.3 Å². The van der Waals surface area contributed by atoms with Crippen molar-refractivity contribution in [3.8, 4) is 0 Å². The number of hydrogen-bond acceptors (Lipinski definition) is 3. The standard InChI is InChI=1S/C22H29N3O3/c1-2-20(26)24-12-9-16-13-18(7-8-19(16)24)25-15-17(14-21(25)27)22(28)23-10-5-3-4-6-11-23/h7-8,13,17H,2-6,9-12,14-15H2,1H3/t17-/m0/s1. The van der Waals surface area contributed by atoms with E-state index in [9.17, 15) is 14.4 Å². The van der Waals surface area contributed by atoms with Gasteiger partial charge in [-0.05, 0) is 43.0 Å². The van der Waals surface area contributed by atoms with E-state index < -0.39 is 0 Å². The molecule has 3 amide bonds. The molecule has 150 valence electrons. The highest BCUT2D eigenvalue weighted by molar-refractivity contribution is 6.01. The highest BCUT2D eigenvalue weighted by Gasteiger charge is 2.37. The fraction of sp³-hybridized carbons (Fsp3) is 0.591. The number of carbonyl (C=O) groups is 3.